The van der Waals surface area contributed by atoms with Crippen molar-refractivity contribution in [3.05, 3.63) is 108 Å². The molecule has 0 aliphatic carbocycles. The second-order valence-corrected chi connectivity index (χ2v) is 10.7. The lowest BCUT2D eigenvalue weighted by atomic mass is 9.65. The van der Waals surface area contributed by atoms with Crippen LogP contribution >= 0.6 is 23.5 Å². The highest BCUT2D eigenvalue weighted by Gasteiger charge is 2.44. The van der Waals surface area contributed by atoms with Crippen LogP contribution in [0.4, 0.5) is 0 Å². The largest absolute Gasteiger partial charge is 0.298 e. The molecule has 0 radical (unpaired) electrons. The van der Waals surface area contributed by atoms with Crippen molar-refractivity contribution < 1.29 is 4.79 Å². The molecule has 0 spiro atoms. The SMILES string of the molecule is CC(CC(=O)C(c1ccccc1)(c1ccccc1)c1ccccc1)C1SCCCS1. The summed E-state index contributed by atoms with van der Waals surface area (Å²) >= 11 is 4.04. The first-order chi connectivity index (χ1) is 14.7. The van der Waals surface area contributed by atoms with Gasteiger partial charge >= 0.3 is 0 Å². The van der Waals surface area contributed by atoms with Crippen LogP contribution < -0.4 is 0 Å². The van der Waals surface area contributed by atoms with E-state index in [1.54, 1.807) is 0 Å². The summed E-state index contributed by atoms with van der Waals surface area (Å²) in [5.41, 5.74) is 2.35. The van der Waals surface area contributed by atoms with E-state index >= 15 is 0 Å². The summed E-state index contributed by atoms with van der Waals surface area (Å²) in [5.74, 6) is 3.03. The van der Waals surface area contributed by atoms with E-state index in [4.69, 9.17) is 0 Å². The molecule has 1 fully saturated rings. The molecular formula is C27H28OS2. The number of carbonyl (C=O) groups excluding carboxylic acids is 1. The molecule has 0 N–H and O–H groups in total. The number of hydrogen-bond donors (Lipinski definition) is 0. The normalized spacial score (nSPS) is 16.2. The Bertz CT molecular complexity index is 838. The van der Waals surface area contributed by atoms with Crippen molar-refractivity contribution in [2.75, 3.05) is 11.5 Å². The number of Topliss-reactive ketones (excluding diaryl/α,β-unsaturated/α-hetero) is 1. The lowest BCUT2D eigenvalue weighted by Gasteiger charge is -2.36. The zero-order valence-corrected chi connectivity index (χ0v) is 19.0. The third-order valence-electron chi connectivity index (χ3n) is 5.86. The molecule has 154 valence electrons. The highest BCUT2D eigenvalue weighted by atomic mass is 32.2. The molecule has 0 saturated carbocycles. The number of thioether (sulfide) groups is 2. The molecule has 1 saturated heterocycles. The number of ketones is 1. The van der Waals surface area contributed by atoms with Crippen LogP contribution in [-0.4, -0.2) is 21.9 Å². The van der Waals surface area contributed by atoms with Gasteiger partial charge in [0.1, 0.15) is 5.41 Å². The van der Waals surface area contributed by atoms with E-state index in [-0.39, 0.29) is 5.78 Å². The minimum Gasteiger partial charge on any atom is -0.298 e. The van der Waals surface area contributed by atoms with E-state index in [1.807, 2.05) is 78.1 Å². The first kappa shape index (κ1) is 21.3. The summed E-state index contributed by atoms with van der Waals surface area (Å²) < 4.78 is 0.503. The zero-order chi connectivity index (χ0) is 20.8. The lowest BCUT2D eigenvalue weighted by Crippen LogP contribution is -2.40. The van der Waals surface area contributed by atoms with Gasteiger partial charge in [-0.3, -0.25) is 4.79 Å². The van der Waals surface area contributed by atoms with E-state index in [9.17, 15) is 4.79 Å². The van der Waals surface area contributed by atoms with Crippen molar-refractivity contribution in [1.29, 1.82) is 0 Å². The molecule has 30 heavy (non-hydrogen) atoms. The quantitative estimate of drug-likeness (QED) is 0.382. The van der Waals surface area contributed by atoms with Crippen molar-refractivity contribution in [3.63, 3.8) is 0 Å². The molecule has 0 amide bonds. The minimum atomic E-state index is -0.790. The fraction of sp³-hybridized carbons (Fsp3) is 0.296. The van der Waals surface area contributed by atoms with Gasteiger partial charge in [0.15, 0.2) is 5.78 Å². The highest BCUT2D eigenvalue weighted by Crippen LogP contribution is 2.44. The average Bonchev–Trinajstić information content (AvgIpc) is 2.82. The van der Waals surface area contributed by atoms with Crippen LogP contribution in [0.15, 0.2) is 91.0 Å². The number of benzene rings is 3. The van der Waals surface area contributed by atoms with Gasteiger partial charge in [0.05, 0.1) is 4.58 Å². The molecule has 1 atom stereocenters. The zero-order valence-electron chi connectivity index (χ0n) is 17.4. The highest BCUT2D eigenvalue weighted by molar-refractivity contribution is 8.17. The topological polar surface area (TPSA) is 17.1 Å². The summed E-state index contributed by atoms with van der Waals surface area (Å²) in [6.45, 7) is 2.25. The number of carbonyl (C=O) groups is 1. The van der Waals surface area contributed by atoms with Gasteiger partial charge in [-0.15, -0.1) is 23.5 Å². The third-order valence-corrected chi connectivity index (χ3v) is 9.32. The Balaban J connectivity index is 1.83. The van der Waals surface area contributed by atoms with Crippen LogP contribution in [0, 0.1) is 5.92 Å². The Morgan fingerprint density at radius 2 is 1.20 bits per heavy atom. The van der Waals surface area contributed by atoms with E-state index in [1.165, 1.54) is 17.9 Å². The molecule has 3 heteroatoms. The fourth-order valence-electron chi connectivity index (χ4n) is 4.42. The minimum absolute atomic E-state index is 0.283. The van der Waals surface area contributed by atoms with Crippen LogP contribution in [0.25, 0.3) is 0 Å². The van der Waals surface area contributed by atoms with E-state index < -0.39 is 5.41 Å². The van der Waals surface area contributed by atoms with Crippen molar-refractivity contribution in [2.45, 2.75) is 29.8 Å². The summed E-state index contributed by atoms with van der Waals surface area (Å²) in [4.78, 5) is 14.3. The molecule has 1 aliphatic rings. The van der Waals surface area contributed by atoms with Crippen molar-refractivity contribution in [2.24, 2.45) is 5.92 Å². The first-order valence-corrected chi connectivity index (χ1v) is 12.8. The van der Waals surface area contributed by atoms with E-state index in [0.717, 1.165) is 16.7 Å². The Kier molecular flexibility index (Phi) is 7.01. The van der Waals surface area contributed by atoms with Crippen LogP contribution in [0.1, 0.15) is 36.5 Å². The number of rotatable bonds is 7. The molecule has 4 rings (SSSR count). The molecule has 1 unspecified atom stereocenters. The maximum atomic E-state index is 14.3. The van der Waals surface area contributed by atoms with Crippen LogP contribution in [0.3, 0.4) is 0 Å². The smallest absolute Gasteiger partial charge is 0.152 e. The standard InChI is InChI=1S/C27H28OS2/c1-21(26-29-18-11-19-30-26)20-25(28)27(22-12-5-2-6-13-22,23-14-7-3-8-15-23)24-16-9-4-10-17-24/h2-10,12-17,21,26H,11,18-20H2,1H3. The van der Waals surface area contributed by atoms with Gasteiger partial charge in [-0.25, -0.2) is 0 Å². The fourth-order valence-corrected chi connectivity index (χ4v) is 7.50. The van der Waals surface area contributed by atoms with Gasteiger partial charge < -0.3 is 0 Å². The van der Waals surface area contributed by atoms with Crippen molar-refractivity contribution >= 4 is 29.3 Å². The summed E-state index contributed by atoms with van der Waals surface area (Å²) in [6.07, 6.45) is 1.85. The van der Waals surface area contributed by atoms with Gasteiger partial charge in [0.25, 0.3) is 0 Å². The second kappa shape index (κ2) is 9.89. The average molecular weight is 433 g/mol. The molecule has 1 aliphatic heterocycles. The third kappa shape index (κ3) is 4.24. The van der Waals surface area contributed by atoms with Crippen LogP contribution in [-0.2, 0) is 10.2 Å². The van der Waals surface area contributed by atoms with Gasteiger partial charge in [0.2, 0.25) is 0 Å². The maximum absolute atomic E-state index is 14.3. The first-order valence-electron chi connectivity index (χ1n) is 10.7. The molecule has 3 aromatic rings. The Hall–Kier alpha value is -1.97. The van der Waals surface area contributed by atoms with Crippen molar-refractivity contribution in [1.82, 2.24) is 0 Å². The van der Waals surface area contributed by atoms with Crippen LogP contribution in [0.2, 0.25) is 0 Å². The predicted molar refractivity (Wildman–Crippen MR) is 131 cm³/mol. The van der Waals surface area contributed by atoms with Gasteiger partial charge in [-0.1, -0.05) is 97.9 Å². The van der Waals surface area contributed by atoms with Gasteiger partial charge in [0, 0.05) is 6.42 Å². The van der Waals surface area contributed by atoms with Gasteiger partial charge in [-0.05, 0) is 40.5 Å². The van der Waals surface area contributed by atoms with Crippen molar-refractivity contribution in [3.8, 4) is 0 Å². The van der Waals surface area contributed by atoms with Gasteiger partial charge in [-0.2, -0.15) is 0 Å². The van der Waals surface area contributed by atoms with E-state index in [0.29, 0.717) is 16.9 Å². The lowest BCUT2D eigenvalue weighted by molar-refractivity contribution is -0.122. The molecule has 1 nitrogen and oxygen atoms in total. The summed E-state index contributed by atoms with van der Waals surface area (Å²) in [6, 6.07) is 30.9. The maximum Gasteiger partial charge on any atom is 0.152 e. The Labute approximate surface area is 188 Å². The monoisotopic (exact) mass is 432 g/mol. The molecule has 0 bridgehead atoms. The Morgan fingerprint density at radius 1 is 0.800 bits per heavy atom. The summed E-state index contributed by atoms with van der Waals surface area (Å²) in [7, 11) is 0. The summed E-state index contributed by atoms with van der Waals surface area (Å²) in [5, 5.41) is 0. The molecule has 1 heterocycles. The Morgan fingerprint density at radius 3 is 1.60 bits per heavy atom. The molecule has 3 aromatic carbocycles. The second-order valence-electron chi connectivity index (χ2n) is 7.92. The predicted octanol–water partition coefficient (Wildman–Crippen LogP) is 6.81. The molecule has 0 aromatic heterocycles. The van der Waals surface area contributed by atoms with Crippen LogP contribution in [0.5, 0.6) is 0 Å². The molecular weight excluding hydrogens is 404 g/mol. The number of hydrogen-bond acceptors (Lipinski definition) is 3. The van der Waals surface area contributed by atoms with E-state index in [2.05, 4.69) is 43.3 Å².